The number of β-amino-alcohol motifs (C(OH)–C–C–N with tert-alkyl or cyclic N) is 1. The second kappa shape index (κ2) is 10.2. The second-order valence-electron chi connectivity index (χ2n) is 8.53. The van der Waals surface area contributed by atoms with E-state index >= 15 is 0 Å². The van der Waals surface area contributed by atoms with E-state index in [1.807, 2.05) is 12.1 Å². The van der Waals surface area contributed by atoms with E-state index in [1.54, 1.807) is 12.1 Å². The lowest BCUT2D eigenvalue weighted by atomic mass is 9.92. The van der Waals surface area contributed by atoms with Gasteiger partial charge in [0.15, 0.2) is 0 Å². The van der Waals surface area contributed by atoms with Gasteiger partial charge in [0.05, 0.1) is 6.10 Å². The van der Waals surface area contributed by atoms with Crippen molar-refractivity contribution in [2.75, 3.05) is 39.3 Å². The van der Waals surface area contributed by atoms with Crippen LogP contribution in [-0.4, -0.2) is 67.4 Å². The molecule has 3 aliphatic rings. The summed E-state index contributed by atoms with van der Waals surface area (Å²) >= 11 is 0. The third-order valence-electron chi connectivity index (χ3n) is 6.14. The topological polar surface area (TPSA) is 73.8 Å². The molecule has 0 bridgehead atoms. The van der Waals surface area contributed by atoms with Crippen LogP contribution in [0.4, 0.5) is 0 Å². The van der Waals surface area contributed by atoms with E-state index in [1.165, 1.54) is 11.1 Å². The fraction of sp³-hybridized carbons (Fsp3) is 0.542. The number of rotatable bonds is 7. The van der Waals surface area contributed by atoms with Crippen molar-refractivity contribution < 1.29 is 14.6 Å². The first kappa shape index (κ1) is 21.1. The number of benzene rings is 1. The number of carbonyl (C=O) groups excluding carboxylic acids is 1. The van der Waals surface area contributed by atoms with Gasteiger partial charge in [0.25, 0.3) is 5.91 Å². The molecule has 30 heavy (non-hydrogen) atoms. The van der Waals surface area contributed by atoms with E-state index in [9.17, 15) is 9.90 Å². The zero-order valence-electron chi connectivity index (χ0n) is 17.6. The molecular weight excluding hydrogens is 378 g/mol. The molecule has 1 fully saturated rings. The summed E-state index contributed by atoms with van der Waals surface area (Å²) in [6.45, 7) is 4.66. The van der Waals surface area contributed by atoms with Crippen molar-refractivity contribution in [1.82, 2.24) is 15.5 Å². The highest BCUT2D eigenvalue weighted by Crippen LogP contribution is 2.26. The number of amides is 1. The third kappa shape index (κ3) is 5.72. The molecule has 6 nitrogen and oxygen atoms in total. The van der Waals surface area contributed by atoms with Gasteiger partial charge in [0.1, 0.15) is 11.9 Å². The highest BCUT2D eigenvalue weighted by atomic mass is 16.5. The first-order chi connectivity index (χ1) is 14.7. The van der Waals surface area contributed by atoms with Crippen LogP contribution in [0.25, 0.3) is 0 Å². The van der Waals surface area contributed by atoms with Crippen LogP contribution in [0.3, 0.4) is 0 Å². The highest BCUT2D eigenvalue weighted by molar-refractivity contribution is 5.94. The fourth-order valence-corrected chi connectivity index (χ4v) is 4.46. The molecule has 0 radical (unpaired) electrons. The maximum absolute atomic E-state index is 12.4. The summed E-state index contributed by atoms with van der Waals surface area (Å²) in [6, 6.07) is 7.25. The molecule has 1 unspecified atom stereocenters. The zero-order valence-corrected chi connectivity index (χ0v) is 17.6. The number of piperidine rings is 1. The Bertz CT molecular complexity index is 781. The lowest BCUT2D eigenvalue weighted by molar-refractivity contribution is 0.0863. The van der Waals surface area contributed by atoms with Gasteiger partial charge in [-0.15, -0.1) is 0 Å². The average molecular weight is 412 g/mol. The molecule has 2 heterocycles. The number of carbonyl (C=O) groups is 1. The summed E-state index contributed by atoms with van der Waals surface area (Å²) in [4.78, 5) is 14.7. The first-order valence-corrected chi connectivity index (χ1v) is 11.2. The molecule has 1 amide bonds. The van der Waals surface area contributed by atoms with Gasteiger partial charge in [-0.2, -0.15) is 0 Å². The van der Waals surface area contributed by atoms with Crippen LogP contribution in [0.15, 0.2) is 47.6 Å². The molecule has 2 aliphatic heterocycles. The minimum atomic E-state index is -0.573. The van der Waals surface area contributed by atoms with Gasteiger partial charge in [-0.3, -0.25) is 9.69 Å². The van der Waals surface area contributed by atoms with Gasteiger partial charge in [0.2, 0.25) is 0 Å². The van der Waals surface area contributed by atoms with Gasteiger partial charge in [-0.25, -0.2) is 0 Å². The van der Waals surface area contributed by atoms with Crippen LogP contribution in [0.1, 0.15) is 42.5 Å². The Morgan fingerprint density at radius 2 is 2.17 bits per heavy atom. The molecule has 0 spiro atoms. The third-order valence-corrected chi connectivity index (χ3v) is 6.14. The minimum Gasteiger partial charge on any atom is -0.489 e. The number of nitrogens with one attached hydrogen (secondary N) is 2. The number of hydrogen-bond donors (Lipinski definition) is 3. The Hall–Kier alpha value is -2.15. The van der Waals surface area contributed by atoms with Gasteiger partial charge in [0, 0.05) is 38.3 Å². The van der Waals surface area contributed by atoms with Gasteiger partial charge in [-0.05, 0) is 68.5 Å². The van der Waals surface area contributed by atoms with E-state index in [-0.39, 0.29) is 18.6 Å². The van der Waals surface area contributed by atoms with Crippen LogP contribution in [0.2, 0.25) is 0 Å². The maximum atomic E-state index is 12.4. The van der Waals surface area contributed by atoms with Crippen molar-refractivity contribution in [3.8, 4) is 5.75 Å². The summed E-state index contributed by atoms with van der Waals surface area (Å²) in [6.07, 6.45) is 9.62. The maximum Gasteiger partial charge on any atom is 0.251 e. The molecule has 6 heteroatoms. The molecule has 1 saturated heterocycles. The molecule has 0 saturated carbocycles. The largest absolute Gasteiger partial charge is 0.489 e. The summed E-state index contributed by atoms with van der Waals surface area (Å²) < 4.78 is 5.96. The number of allylic oxidation sites excluding steroid dienone is 2. The van der Waals surface area contributed by atoms with E-state index in [0.717, 1.165) is 64.0 Å². The summed E-state index contributed by atoms with van der Waals surface area (Å²) in [5.41, 5.74) is 3.57. The molecule has 2 atom stereocenters. The van der Waals surface area contributed by atoms with E-state index in [2.05, 4.69) is 27.7 Å². The van der Waals surface area contributed by atoms with Crippen molar-refractivity contribution in [1.29, 1.82) is 0 Å². The SMILES string of the molecule is O=C(NC[C@H](O)CN1CCC2=C(CCC=C2)C1)c1ccc(OC2CCCNC2)cc1. The van der Waals surface area contributed by atoms with Crippen LogP contribution in [-0.2, 0) is 0 Å². The van der Waals surface area contributed by atoms with Crippen molar-refractivity contribution in [3.05, 3.63) is 53.1 Å². The Labute approximate surface area is 179 Å². The van der Waals surface area contributed by atoms with Crippen LogP contribution >= 0.6 is 0 Å². The molecule has 162 valence electrons. The minimum absolute atomic E-state index is 0.166. The van der Waals surface area contributed by atoms with Crippen molar-refractivity contribution >= 4 is 5.91 Å². The van der Waals surface area contributed by atoms with Crippen molar-refractivity contribution in [2.24, 2.45) is 0 Å². The number of nitrogens with zero attached hydrogens (tertiary/aromatic N) is 1. The fourth-order valence-electron chi connectivity index (χ4n) is 4.46. The monoisotopic (exact) mass is 411 g/mol. The molecule has 3 N–H and O–H groups in total. The molecule has 4 rings (SSSR count). The van der Waals surface area contributed by atoms with E-state index in [0.29, 0.717) is 12.1 Å². The Balaban J connectivity index is 1.20. The number of ether oxygens (including phenoxy) is 1. The predicted molar refractivity (Wildman–Crippen MR) is 118 cm³/mol. The number of aliphatic hydroxyl groups is 1. The van der Waals surface area contributed by atoms with Crippen LogP contribution < -0.4 is 15.4 Å². The first-order valence-electron chi connectivity index (χ1n) is 11.2. The van der Waals surface area contributed by atoms with Gasteiger partial charge < -0.3 is 20.5 Å². The lowest BCUT2D eigenvalue weighted by Gasteiger charge is -2.32. The highest BCUT2D eigenvalue weighted by Gasteiger charge is 2.21. The molecule has 1 aromatic carbocycles. The van der Waals surface area contributed by atoms with Crippen LogP contribution in [0.5, 0.6) is 5.75 Å². The second-order valence-corrected chi connectivity index (χ2v) is 8.53. The van der Waals surface area contributed by atoms with Crippen molar-refractivity contribution in [3.63, 3.8) is 0 Å². The summed E-state index contributed by atoms with van der Waals surface area (Å²) in [5, 5.41) is 16.6. The predicted octanol–water partition coefficient (Wildman–Crippen LogP) is 2.26. The smallest absolute Gasteiger partial charge is 0.251 e. The average Bonchev–Trinajstić information content (AvgIpc) is 2.78. The van der Waals surface area contributed by atoms with Gasteiger partial charge >= 0.3 is 0 Å². The zero-order chi connectivity index (χ0) is 20.8. The van der Waals surface area contributed by atoms with Crippen molar-refractivity contribution in [2.45, 2.75) is 44.3 Å². The summed E-state index contributed by atoms with van der Waals surface area (Å²) in [5.74, 6) is 0.623. The Morgan fingerprint density at radius 3 is 2.97 bits per heavy atom. The molecule has 1 aromatic rings. The molecule has 0 aromatic heterocycles. The van der Waals surface area contributed by atoms with E-state index in [4.69, 9.17) is 4.74 Å². The number of hydrogen-bond acceptors (Lipinski definition) is 5. The molecule has 1 aliphatic carbocycles. The number of aliphatic hydroxyl groups excluding tert-OH is 1. The normalized spacial score (nSPS) is 23.0. The van der Waals surface area contributed by atoms with Crippen LogP contribution in [0, 0.1) is 0 Å². The molecular formula is C24H33N3O3. The standard InChI is InChI=1S/C24H33N3O3/c28-21(17-27-13-11-18-4-1-2-5-20(18)16-27)14-26-24(29)19-7-9-22(10-8-19)30-23-6-3-12-25-15-23/h1,4,7-10,21,23,25,28H,2-3,5-6,11-17H2,(H,26,29)/t21-,23?/m0/s1. The Morgan fingerprint density at radius 1 is 1.30 bits per heavy atom. The Kier molecular flexibility index (Phi) is 7.20. The lowest BCUT2D eigenvalue weighted by Crippen LogP contribution is -2.42. The summed E-state index contributed by atoms with van der Waals surface area (Å²) in [7, 11) is 0. The van der Waals surface area contributed by atoms with E-state index < -0.39 is 6.10 Å². The quantitative estimate of drug-likeness (QED) is 0.642. The van der Waals surface area contributed by atoms with Gasteiger partial charge in [-0.1, -0.05) is 17.7 Å².